The zero-order valence-corrected chi connectivity index (χ0v) is 18.4. The molecule has 0 unspecified atom stereocenters. The highest BCUT2D eigenvalue weighted by Gasteiger charge is 2.28. The van der Waals surface area contributed by atoms with Crippen LogP contribution in [0.2, 0.25) is 0 Å². The van der Waals surface area contributed by atoms with Crippen LogP contribution in [-0.2, 0) is 6.54 Å². The van der Waals surface area contributed by atoms with Gasteiger partial charge in [-0.15, -0.1) is 0 Å². The number of nitrogens with zero attached hydrogens (tertiary/aromatic N) is 2. The highest BCUT2D eigenvalue weighted by Crippen LogP contribution is 2.31. The van der Waals surface area contributed by atoms with Gasteiger partial charge >= 0.3 is 6.03 Å². The number of rotatable bonds is 6. The second-order valence-electron chi connectivity index (χ2n) is 7.90. The first kappa shape index (κ1) is 21.4. The van der Waals surface area contributed by atoms with Crippen molar-refractivity contribution in [3.05, 3.63) is 89.5 Å². The zero-order valence-electron chi connectivity index (χ0n) is 18.4. The molecule has 1 heterocycles. The molecule has 0 aliphatic carbocycles. The van der Waals surface area contributed by atoms with Gasteiger partial charge in [-0.3, -0.25) is 9.69 Å². The molecule has 1 aliphatic rings. The maximum Gasteiger partial charge on any atom is 0.324 e. The van der Waals surface area contributed by atoms with Crippen LogP contribution in [-0.4, -0.2) is 37.0 Å². The van der Waals surface area contributed by atoms with Crippen molar-refractivity contribution >= 4 is 23.3 Å². The number of aryl methyl sites for hydroxylation is 1. The van der Waals surface area contributed by atoms with E-state index in [4.69, 9.17) is 4.74 Å². The van der Waals surface area contributed by atoms with Gasteiger partial charge in [0.1, 0.15) is 5.75 Å². The molecule has 3 aromatic rings. The van der Waals surface area contributed by atoms with Crippen LogP contribution >= 0.6 is 0 Å². The summed E-state index contributed by atoms with van der Waals surface area (Å²) < 4.78 is 5.23. The highest BCUT2D eigenvalue weighted by atomic mass is 16.5. The smallest absolute Gasteiger partial charge is 0.324 e. The van der Waals surface area contributed by atoms with Crippen molar-refractivity contribution in [3.63, 3.8) is 0 Å². The van der Waals surface area contributed by atoms with Crippen LogP contribution in [0.3, 0.4) is 0 Å². The van der Waals surface area contributed by atoms with E-state index in [0.717, 1.165) is 17.5 Å². The van der Waals surface area contributed by atoms with Crippen LogP contribution in [0.5, 0.6) is 5.75 Å². The lowest BCUT2D eigenvalue weighted by Gasteiger charge is -2.36. The van der Waals surface area contributed by atoms with Gasteiger partial charge in [-0.1, -0.05) is 42.5 Å². The molecule has 164 valence electrons. The summed E-state index contributed by atoms with van der Waals surface area (Å²) in [5, 5.41) is 2.99. The number of ether oxygens (including phenoxy) is 1. The molecular weight excluding hydrogens is 402 g/mol. The lowest BCUT2D eigenvalue weighted by molar-refractivity contribution is 0.102. The molecular formula is C26H27N3O3. The first-order valence-electron chi connectivity index (χ1n) is 10.7. The predicted molar refractivity (Wildman–Crippen MR) is 126 cm³/mol. The quantitative estimate of drug-likeness (QED) is 0.594. The average Bonchev–Trinajstić information content (AvgIpc) is 2.81. The largest absolute Gasteiger partial charge is 0.497 e. The van der Waals surface area contributed by atoms with Gasteiger partial charge in [0.15, 0.2) is 0 Å². The van der Waals surface area contributed by atoms with Crippen LogP contribution in [0.1, 0.15) is 27.9 Å². The summed E-state index contributed by atoms with van der Waals surface area (Å²) >= 11 is 0. The standard InChI is InChI=1S/C26H27N3O3/c1-19-12-13-24(23(16-19)27-25(30)21-10-6-11-22(17-21)32-2)29-15-7-14-28(26(29)31)18-20-8-4-3-5-9-20/h3-6,8-13,16-17H,7,14-15,18H2,1-2H3,(H,27,30). The van der Waals surface area contributed by atoms with Crippen LogP contribution < -0.4 is 15.0 Å². The Morgan fingerprint density at radius 1 is 1.00 bits per heavy atom. The molecule has 6 heteroatoms. The maximum atomic E-state index is 13.3. The lowest BCUT2D eigenvalue weighted by Crippen LogP contribution is -2.49. The summed E-state index contributed by atoms with van der Waals surface area (Å²) in [6.07, 6.45) is 0.857. The van der Waals surface area contributed by atoms with Gasteiger partial charge in [0.05, 0.1) is 18.5 Å². The Morgan fingerprint density at radius 2 is 1.81 bits per heavy atom. The summed E-state index contributed by atoms with van der Waals surface area (Å²) in [5.41, 5.74) is 3.91. The third-order valence-electron chi connectivity index (χ3n) is 5.55. The fraction of sp³-hybridized carbons (Fsp3) is 0.231. The van der Waals surface area contributed by atoms with Crippen molar-refractivity contribution < 1.29 is 14.3 Å². The summed E-state index contributed by atoms with van der Waals surface area (Å²) in [7, 11) is 1.57. The number of urea groups is 1. The number of hydrogen-bond acceptors (Lipinski definition) is 3. The molecule has 32 heavy (non-hydrogen) atoms. The Bertz CT molecular complexity index is 1110. The molecule has 3 amide bonds. The maximum absolute atomic E-state index is 13.3. The first-order chi connectivity index (χ1) is 15.5. The second-order valence-corrected chi connectivity index (χ2v) is 7.90. The molecule has 1 N–H and O–H groups in total. The van der Waals surface area contributed by atoms with E-state index in [0.29, 0.717) is 42.3 Å². The Labute approximate surface area is 188 Å². The summed E-state index contributed by atoms with van der Waals surface area (Å²) in [6, 6.07) is 22.7. The number of carbonyl (C=O) groups is 2. The number of amides is 3. The molecule has 1 saturated heterocycles. The third kappa shape index (κ3) is 4.75. The van der Waals surface area contributed by atoms with E-state index in [1.165, 1.54) is 0 Å². The van der Waals surface area contributed by atoms with Crippen molar-refractivity contribution in [2.24, 2.45) is 0 Å². The van der Waals surface area contributed by atoms with E-state index in [9.17, 15) is 9.59 Å². The van der Waals surface area contributed by atoms with E-state index in [-0.39, 0.29) is 11.9 Å². The van der Waals surface area contributed by atoms with Gasteiger partial charge < -0.3 is 15.0 Å². The minimum absolute atomic E-state index is 0.0548. The fourth-order valence-corrected chi connectivity index (χ4v) is 3.90. The molecule has 4 rings (SSSR count). The number of nitrogens with one attached hydrogen (secondary N) is 1. The molecule has 0 aromatic heterocycles. The van der Waals surface area contributed by atoms with Gasteiger partial charge in [0.25, 0.3) is 5.91 Å². The molecule has 0 radical (unpaired) electrons. The van der Waals surface area contributed by atoms with Crippen LogP contribution in [0.25, 0.3) is 0 Å². The predicted octanol–water partition coefficient (Wildman–Crippen LogP) is 5.09. The Kier molecular flexibility index (Phi) is 6.40. The van der Waals surface area contributed by atoms with E-state index >= 15 is 0 Å². The molecule has 0 bridgehead atoms. The van der Waals surface area contributed by atoms with E-state index in [1.807, 2.05) is 60.4 Å². The molecule has 3 aromatic carbocycles. The van der Waals surface area contributed by atoms with Gasteiger partial charge in [0, 0.05) is 25.2 Å². The highest BCUT2D eigenvalue weighted by molar-refractivity contribution is 6.08. The van der Waals surface area contributed by atoms with Gasteiger partial charge in [-0.05, 0) is 54.8 Å². The van der Waals surface area contributed by atoms with E-state index in [1.54, 1.807) is 36.3 Å². The van der Waals surface area contributed by atoms with Crippen molar-refractivity contribution in [2.45, 2.75) is 19.9 Å². The monoisotopic (exact) mass is 429 g/mol. The minimum atomic E-state index is -0.249. The number of anilines is 2. The van der Waals surface area contributed by atoms with E-state index in [2.05, 4.69) is 5.32 Å². The van der Waals surface area contributed by atoms with Gasteiger partial charge in [0.2, 0.25) is 0 Å². The SMILES string of the molecule is COc1cccc(C(=O)Nc2cc(C)ccc2N2CCCN(Cc3ccccc3)C2=O)c1. The van der Waals surface area contributed by atoms with Crippen LogP contribution in [0.15, 0.2) is 72.8 Å². The first-order valence-corrected chi connectivity index (χ1v) is 10.7. The normalized spacial score (nSPS) is 13.8. The zero-order chi connectivity index (χ0) is 22.5. The molecule has 6 nitrogen and oxygen atoms in total. The van der Waals surface area contributed by atoms with Gasteiger partial charge in [-0.25, -0.2) is 4.79 Å². The van der Waals surface area contributed by atoms with Crippen LogP contribution in [0.4, 0.5) is 16.2 Å². The fourth-order valence-electron chi connectivity index (χ4n) is 3.90. The molecule has 0 spiro atoms. The Balaban J connectivity index is 1.58. The van der Waals surface area contributed by atoms with Crippen molar-refractivity contribution in [3.8, 4) is 5.75 Å². The molecule has 1 aliphatic heterocycles. The number of carbonyl (C=O) groups excluding carboxylic acids is 2. The van der Waals surface area contributed by atoms with Crippen molar-refractivity contribution in [1.82, 2.24) is 4.90 Å². The number of benzene rings is 3. The topological polar surface area (TPSA) is 61.9 Å². The van der Waals surface area contributed by atoms with Gasteiger partial charge in [-0.2, -0.15) is 0 Å². The number of hydrogen-bond donors (Lipinski definition) is 1. The minimum Gasteiger partial charge on any atom is -0.497 e. The lowest BCUT2D eigenvalue weighted by atomic mass is 10.1. The van der Waals surface area contributed by atoms with Crippen LogP contribution in [0, 0.1) is 6.92 Å². The second kappa shape index (κ2) is 9.56. The van der Waals surface area contributed by atoms with Crippen molar-refractivity contribution in [1.29, 1.82) is 0 Å². The Morgan fingerprint density at radius 3 is 2.59 bits per heavy atom. The summed E-state index contributed by atoms with van der Waals surface area (Å²) in [4.78, 5) is 29.9. The molecule has 0 saturated carbocycles. The molecule has 0 atom stereocenters. The third-order valence-corrected chi connectivity index (χ3v) is 5.55. The van der Waals surface area contributed by atoms with Crippen molar-refractivity contribution in [2.75, 3.05) is 30.4 Å². The summed E-state index contributed by atoms with van der Waals surface area (Å²) in [5.74, 6) is 0.367. The average molecular weight is 430 g/mol. The Hall–Kier alpha value is -3.80. The number of methoxy groups -OCH3 is 1. The molecule has 1 fully saturated rings. The van der Waals surface area contributed by atoms with E-state index < -0.39 is 0 Å². The summed E-state index contributed by atoms with van der Waals surface area (Å²) in [6.45, 7) is 3.84.